The highest BCUT2D eigenvalue weighted by atomic mass is 15.2. The first kappa shape index (κ1) is 34.2. The molecule has 0 saturated heterocycles. The predicted octanol–water partition coefficient (Wildman–Crippen LogP) is 14.4. The summed E-state index contributed by atoms with van der Waals surface area (Å²) in [7, 11) is 0. The second kappa shape index (κ2) is 13.6. The van der Waals surface area contributed by atoms with E-state index in [1.54, 1.807) is 0 Å². The monoisotopic (exact) mass is 763 g/mol. The molecule has 10 aromatic rings. The van der Waals surface area contributed by atoms with Crippen molar-refractivity contribution in [2.75, 3.05) is 4.90 Å². The summed E-state index contributed by atoms with van der Waals surface area (Å²) in [6.45, 7) is 0. The lowest BCUT2D eigenvalue weighted by Gasteiger charge is -2.37. The molecule has 8 aromatic carbocycles. The van der Waals surface area contributed by atoms with Crippen LogP contribution in [0, 0.1) is 0 Å². The Morgan fingerprint density at radius 3 is 1.73 bits per heavy atom. The van der Waals surface area contributed by atoms with Gasteiger partial charge in [-0.2, -0.15) is 0 Å². The van der Waals surface area contributed by atoms with Gasteiger partial charge in [-0.1, -0.05) is 182 Å². The van der Waals surface area contributed by atoms with E-state index in [9.17, 15) is 0 Å². The third kappa shape index (κ3) is 5.03. The van der Waals surface area contributed by atoms with E-state index in [2.05, 4.69) is 222 Å². The first-order chi connectivity index (χ1) is 29.8. The molecule has 1 aliphatic heterocycles. The van der Waals surface area contributed by atoms with Gasteiger partial charge in [-0.15, -0.1) is 0 Å². The van der Waals surface area contributed by atoms with Crippen molar-refractivity contribution in [3.05, 3.63) is 247 Å². The fraction of sp³-hybridized carbons (Fsp3) is 0.0175. The minimum atomic E-state index is -0.554. The van der Waals surface area contributed by atoms with Crippen LogP contribution in [-0.4, -0.2) is 9.97 Å². The van der Waals surface area contributed by atoms with E-state index in [4.69, 9.17) is 4.98 Å². The average molecular weight is 764 g/mol. The second-order valence-electron chi connectivity index (χ2n) is 15.7. The van der Waals surface area contributed by atoms with Crippen LogP contribution in [0.15, 0.2) is 225 Å². The van der Waals surface area contributed by atoms with Crippen LogP contribution in [-0.2, 0) is 5.41 Å². The van der Waals surface area contributed by atoms with Crippen molar-refractivity contribution in [3.8, 4) is 55.8 Å². The third-order valence-corrected chi connectivity index (χ3v) is 12.6. The lowest BCUT2D eigenvalue weighted by molar-refractivity contribution is 0.768. The Kier molecular flexibility index (Phi) is 7.76. The van der Waals surface area contributed by atoms with Gasteiger partial charge in [0.2, 0.25) is 0 Å². The lowest BCUT2D eigenvalue weighted by atomic mass is 9.67. The average Bonchev–Trinajstić information content (AvgIpc) is 3.64. The zero-order valence-corrected chi connectivity index (χ0v) is 32.7. The van der Waals surface area contributed by atoms with Gasteiger partial charge < -0.3 is 0 Å². The lowest BCUT2D eigenvalue weighted by Crippen LogP contribution is -2.28. The summed E-state index contributed by atoms with van der Waals surface area (Å²) in [4.78, 5) is 12.5. The number of anilines is 3. The normalized spacial score (nSPS) is 13.1. The smallest absolute Gasteiger partial charge is 0.138 e. The van der Waals surface area contributed by atoms with Gasteiger partial charge in [-0.3, -0.25) is 9.88 Å². The van der Waals surface area contributed by atoms with Crippen LogP contribution in [0.4, 0.5) is 17.2 Å². The molecule has 2 aromatic heterocycles. The van der Waals surface area contributed by atoms with Crippen LogP contribution >= 0.6 is 0 Å². The predicted molar refractivity (Wildman–Crippen MR) is 247 cm³/mol. The molecule has 60 heavy (non-hydrogen) atoms. The maximum absolute atomic E-state index is 5.64. The van der Waals surface area contributed by atoms with Crippen LogP contribution in [0.25, 0.3) is 66.5 Å². The van der Waals surface area contributed by atoms with Gasteiger partial charge in [0.1, 0.15) is 5.82 Å². The molecule has 3 nitrogen and oxygen atoms in total. The van der Waals surface area contributed by atoms with Crippen molar-refractivity contribution < 1.29 is 0 Å². The summed E-state index contributed by atoms with van der Waals surface area (Å²) in [5, 5.41) is 2.40. The van der Waals surface area contributed by atoms with E-state index in [-0.39, 0.29) is 0 Å². The van der Waals surface area contributed by atoms with Gasteiger partial charge in [-0.05, 0) is 91.4 Å². The fourth-order valence-electron chi connectivity index (χ4n) is 10.1. The van der Waals surface area contributed by atoms with Crippen molar-refractivity contribution in [2.45, 2.75) is 5.41 Å². The fourth-order valence-corrected chi connectivity index (χ4v) is 10.1. The highest BCUT2D eigenvalue weighted by molar-refractivity contribution is 6.20. The summed E-state index contributed by atoms with van der Waals surface area (Å²) in [6.07, 6.45) is 3.76. The standard InChI is InChI=1S/C57H37N3/c1-5-16-38(17-6-1)41-36-51(40-18-7-2-8-19-40)59-53(37-41)60-52-27-15-25-45-44(39-32-34-58-35-33-39)28-29-46(54(45)52)47-30-31-50-55(56(47)60)48-24-13-14-26-49(48)57(50,42-20-9-3-10-21-42)43-22-11-4-12-23-43/h1-37H. The molecule has 0 saturated carbocycles. The summed E-state index contributed by atoms with van der Waals surface area (Å²) < 4.78 is 0. The number of hydrogen-bond acceptors (Lipinski definition) is 3. The molecule has 3 heterocycles. The quantitative estimate of drug-likeness (QED) is 0.169. The third-order valence-electron chi connectivity index (χ3n) is 12.6. The second-order valence-corrected chi connectivity index (χ2v) is 15.7. The molecule has 0 amide bonds. The molecular weight excluding hydrogens is 727 g/mol. The Hall–Kier alpha value is -7.88. The van der Waals surface area contributed by atoms with Gasteiger partial charge in [0.05, 0.1) is 22.5 Å². The van der Waals surface area contributed by atoms with Crippen molar-refractivity contribution >= 4 is 28.0 Å². The molecule has 0 unspecified atom stereocenters. The molecule has 0 radical (unpaired) electrons. The minimum absolute atomic E-state index is 0.554. The first-order valence-corrected chi connectivity index (χ1v) is 20.6. The summed E-state index contributed by atoms with van der Waals surface area (Å²) in [5.74, 6) is 0.867. The number of benzene rings is 8. The van der Waals surface area contributed by atoms with E-state index in [1.807, 2.05) is 12.4 Å². The molecular formula is C57H37N3. The summed E-state index contributed by atoms with van der Waals surface area (Å²) in [5.41, 5.74) is 18.1. The molecule has 0 bridgehead atoms. The first-order valence-electron chi connectivity index (χ1n) is 20.6. The van der Waals surface area contributed by atoms with Crippen molar-refractivity contribution in [1.29, 1.82) is 0 Å². The molecule has 0 spiro atoms. The van der Waals surface area contributed by atoms with Crippen molar-refractivity contribution in [3.63, 3.8) is 0 Å². The molecule has 2 aliphatic rings. The van der Waals surface area contributed by atoms with Crippen LogP contribution in [0.3, 0.4) is 0 Å². The topological polar surface area (TPSA) is 29.0 Å². The Morgan fingerprint density at radius 1 is 0.400 bits per heavy atom. The van der Waals surface area contributed by atoms with Crippen molar-refractivity contribution in [1.82, 2.24) is 9.97 Å². The van der Waals surface area contributed by atoms with Gasteiger partial charge >= 0.3 is 0 Å². The number of aromatic nitrogens is 2. The zero-order chi connectivity index (χ0) is 39.6. The molecule has 0 atom stereocenters. The van der Waals surface area contributed by atoms with Crippen LogP contribution in [0.2, 0.25) is 0 Å². The molecule has 1 aliphatic carbocycles. The van der Waals surface area contributed by atoms with E-state index in [0.29, 0.717) is 0 Å². The number of nitrogens with zero attached hydrogens (tertiary/aromatic N) is 3. The maximum Gasteiger partial charge on any atom is 0.138 e. The number of hydrogen-bond donors (Lipinski definition) is 0. The highest BCUT2D eigenvalue weighted by Gasteiger charge is 2.48. The summed E-state index contributed by atoms with van der Waals surface area (Å²) in [6, 6.07) is 77.3. The Labute approximate surface area is 349 Å². The molecule has 0 N–H and O–H groups in total. The number of rotatable bonds is 6. The highest BCUT2D eigenvalue weighted by Crippen LogP contribution is 2.63. The van der Waals surface area contributed by atoms with Gasteiger partial charge in [0.15, 0.2) is 0 Å². The van der Waals surface area contributed by atoms with Crippen LogP contribution in [0.1, 0.15) is 22.3 Å². The van der Waals surface area contributed by atoms with Gasteiger partial charge in [0.25, 0.3) is 0 Å². The van der Waals surface area contributed by atoms with E-state index < -0.39 is 5.41 Å². The number of pyridine rings is 2. The Balaban J connectivity index is 1.24. The summed E-state index contributed by atoms with van der Waals surface area (Å²) >= 11 is 0. The van der Waals surface area contributed by atoms with Crippen molar-refractivity contribution in [2.24, 2.45) is 0 Å². The zero-order valence-electron chi connectivity index (χ0n) is 32.7. The minimum Gasteiger partial charge on any atom is -0.293 e. The molecule has 0 fully saturated rings. The molecule has 3 heteroatoms. The van der Waals surface area contributed by atoms with Gasteiger partial charge in [0, 0.05) is 34.5 Å². The largest absolute Gasteiger partial charge is 0.293 e. The Morgan fingerprint density at radius 2 is 1.02 bits per heavy atom. The Bertz CT molecular complexity index is 3140. The van der Waals surface area contributed by atoms with Crippen LogP contribution < -0.4 is 4.90 Å². The van der Waals surface area contributed by atoms with Crippen LogP contribution in [0.5, 0.6) is 0 Å². The molecule has 12 rings (SSSR count). The molecule has 280 valence electrons. The van der Waals surface area contributed by atoms with E-state index in [1.165, 1.54) is 60.8 Å². The van der Waals surface area contributed by atoms with E-state index >= 15 is 0 Å². The number of fused-ring (bicyclic) bond motifs is 6. The van der Waals surface area contributed by atoms with Gasteiger partial charge in [-0.25, -0.2) is 4.98 Å². The maximum atomic E-state index is 5.64. The van der Waals surface area contributed by atoms with E-state index in [0.717, 1.165) is 45.1 Å². The SMILES string of the molecule is c1ccc(-c2cc(-c3ccccc3)nc(N3c4c(ccc5c4-c4ccccc4C5(c4ccccc4)c4ccccc4)-c4ccc(-c5ccncc5)c5cccc3c45)c2)cc1.